The maximum absolute atomic E-state index is 4.19. The summed E-state index contributed by atoms with van der Waals surface area (Å²) in [7, 11) is 1.91. The monoisotopic (exact) mass is 168 g/mol. The van der Waals surface area contributed by atoms with Gasteiger partial charge in [0, 0.05) is 13.2 Å². The van der Waals surface area contributed by atoms with Crippen LogP contribution in [0, 0.1) is 0 Å². The molecule has 0 aromatic carbocycles. The molecule has 0 N–H and O–H groups in total. The van der Waals surface area contributed by atoms with E-state index in [0.717, 1.165) is 17.9 Å². The van der Waals surface area contributed by atoms with E-state index in [1.165, 1.54) is 0 Å². The smallest absolute Gasteiger partial charge is 0.0847 e. The van der Waals surface area contributed by atoms with E-state index in [0.29, 0.717) is 0 Å². The van der Waals surface area contributed by atoms with Gasteiger partial charge in [-0.25, -0.2) is 0 Å². The van der Waals surface area contributed by atoms with Gasteiger partial charge in [0.1, 0.15) is 0 Å². The Morgan fingerprint density at radius 1 is 1.73 bits per heavy atom. The Labute approximate surface area is 72.3 Å². The summed E-state index contributed by atoms with van der Waals surface area (Å²) >= 11 is 4.10. The lowest BCUT2D eigenvalue weighted by molar-refractivity contribution is 0.764. The Kier molecular flexibility index (Phi) is 3.23. The highest BCUT2D eigenvalue weighted by molar-refractivity contribution is 7.80. The molecule has 60 valence electrons. The molecule has 1 heterocycles. The molecule has 0 saturated carbocycles. The van der Waals surface area contributed by atoms with Gasteiger partial charge in [-0.1, -0.05) is 6.08 Å². The number of hydrogen-bond acceptors (Lipinski definition) is 2. The van der Waals surface area contributed by atoms with E-state index >= 15 is 0 Å². The molecule has 0 fully saturated rings. The SMILES string of the molecule is Cn1ccc(C=CCCS)n1. The molecule has 0 radical (unpaired) electrons. The van der Waals surface area contributed by atoms with E-state index in [1.807, 2.05) is 25.4 Å². The average molecular weight is 168 g/mol. The molecule has 0 spiro atoms. The zero-order valence-corrected chi connectivity index (χ0v) is 7.46. The number of hydrogen-bond donors (Lipinski definition) is 1. The third-order valence-corrected chi connectivity index (χ3v) is 1.58. The molecule has 1 aromatic rings. The number of rotatable bonds is 3. The highest BCUT2D eigenvalue weighted by atomic mass is 32.1. The third kappa shape index (κ3) is 2.80. The largest absolute Gasteiger partial charge is 0.275 e. The van der Waals surface area contributed by atoms with Gasteiger partial charge in [0.25, 0.3) is 0 Å². The minimum absolute atomic E-state index is 0.892. The van der Waals surface area contributed by atoms with Gasteiger partial charge < -0.3 is 0 Å². The van der Waals surface area contributed by atoms with Gasteiger partial charge in [0.15, 0.2) is 0 Å². The first-order valence-corrected chi connectivity index (χ1v) is 4.23. The first kappa shape index (κ1) is 8.40. The molecule has 0 bridgehead atoms. The Hall–Kier alpha value is -0.700. The van der Waals surface area contributed by atoms with E-state index in [1.54, 1.807) is 4.68 Å². The lowest BCUT2D eigenvalue weighted by Gasteiger charge is -1.84. The molecule has 1 aromatic heterocycles. The Balaban J connectivity index is 2.50. The fourth-order valence-corrected chi connectivity index (χ4v) is 0.950. The van der Waals surface area contributed by atoms with Crippen molar-refractivity contribution in [1.29, 1.82) is 0 Å². The molecule has 0 saturated heterocycles. The molecule has 3 heteroatoms. The minimum atomic E-state index is 0.892. The van der Waals surface area contributed by atoms with E-state index in [2.05, 4.69) is 23.8 Å². The van der Waals surface area contributed by atoms with Crippen molar-refractivity contribution in [3.8, 4) is 0 Å². The number of aryl methyl sites for hydroxylation is 1. The van der Waals surface area contributed by atoms with Gasteiger partial charge in [-0.15, -0.1) is 0 Å². The first-order valence-electron chi connectivity index (χ1n) is 3.60. The Morgan fingerprint density at radius 2 is 2.55 bits per heavy atom. The molecule has 0 unspecified atom stereocenters. The van der Waals surface area contributed by atoms with Crippen molar-refractivity contribution in [2.75, 3.05) is 5.75 Å². The molecule has 0 aliphatic heterocycles. The van der Waals surface area contributed by atoms with Crippen molar-refractivity contribution < 1.29 is 0 Å². The number of nitrogens with zero attached hydrogens (tertiary/aromatic N) is 2. The van der Waals surface area contributed by atoms with E-state index in [4.69, 9.17) is 0 Å². The summed E-state index contributed by atoms with van der Waals surface area (Å²) in [4.78, 5) is 0. The number of thiol groups is 1. The van der Waals surface area contributed by atoms with Crippen molar-refractivity contribution in [3.05, 3.63) is 24.0 Å². The Bertz CT molecular complexity index is 240. The highest BCUT2D eigenvalue weighted by Gasteiger charge is 1.87. The van der Waals surface area contributed by atoms with Crippen LogP contribution in [0.1, 0.15) is 12.1 Å². The summed E-state index contributed by atoms with van der Waals surface area (Å²) in [6.07, 6.45) is 7.02. The highest BCUT2D eigenvalue weighted by Crippen LogP contribution is 1.98. The quantitative estimate of drug-likeness (QED) is 0.681. The first-order chi connectivity index (χ1) is 5.33. The topological polar surface area (TPSA) is 17.8 Å². The molecule has 2 nitrogen and oxygen atoms in total. The van der Waals surface area contributed by atoms with Gasteiger partial charge >= 0.3 is 0 Å². The van der Waals surface area contributed by atoms with Crippen LogP contribution >= 0.6 is 12.6 Å². The van der Waals surface area contributed by atoms with E-state index < -0.39 is 0 Å². The molecule has 1 rings (SSSR count). The van der Waals surface area contributed by atoms with Crippen LogP contribution in [0.5, 0.6) is 0 Å². The van der Waals surface area contributed by atoms with Crippen LogP contribution in [0.15, 0.2) is 18.3 Å². The molecule has 11 heavy (non-hydrogen) atoms. The fourth-order valence-electron chi connectivity index (χ4n) is 0.801. The number of allylic oxidation sites excluding steroid dienone is 1. The van der Waals surface area contributed by atoms with Crippen LogP contribution in [0.4, 0.5) is 0 Å². The lowest BCUT2D eigenvalue weighted by Crippen LogP contribution is -1.86. The molecular weight excluding hydrogens is 156 g/mol. The summed E-state index contributed by atoms with van der Waals surface area (Å²) in [6, 6.07) is 1.98. The molecule has 0 atom stereocenters. The average Bonchev–Trinajstić information content (AvgIpc) is 2.37. The minimum Gasteiger partial charge on any atom is -0.275 e. The normalized spacial score (nSPS) is 11.1. The second kappa shape index (κ2) is 4.23. The second-order valence-corrected chi connectivity index (χ2v) is 2.78. The predicted octanol–water partition coefficient (Wildman–Crippen LogP) is 1.75. The maximum Gasteiger partial charge on any atom is 0.0847 e. The summed E-state index contributed by atoms with van der Waals surface area (Å²) in [5.41, 5.74) is 1.01. The van der Waals surface area contributed by atoms with Gasteiger partial charge in [-0.2, -0.15) is 17.7 Å². The lowest BCUT2D eigenvalue weighted by atomic mass is 10.3. The third-order valence-electron chi connectivity index (χ3n) is 1.32. The van der Waals surface area contributed by atoms with Crippen molar-refractivity contribution in [1.82, 2.24) is 9.78 Å². The van der Waals surface area contributed by atoms with Crippen LogP contribution < -0.4 is 0 Å². The summed E-state index contributed by atoms with van der Waals surface area (Å²) in [5.74, 6) is 0.892. The summed E-state index contributed by atoms with van der Waals surface area (Å²) < 4.78 is 1.79. The summed E-state index contributed by atoms with van der Waals surface area (Å²) in [5, 5.41) is 4.19. The van der Waals surface area contributed by atoms with Crippen LogP contribution in [0.2, 0.25) is 0 Å². The molecule has 0 amide bonds. The van der Waals surface area contributed by atoms with Crippen molar-refractivity contribution >= 4 is 18.7 Å². The predicted molar refractivity (Wildman–Crippen MR) is 50.7 cm³/mol. The second-order valence-electron chi connectivity index (χ2n) is 2.33. The van der Waals surface area contributed by atoms with Crippen LogP contribution in [-0.2, 0) is 7.05 Å². The zero-order valence-electron chi connectivity index (χ0n) is 6.57. The van der Waals surface area contributed by atoms with Gasteiger partial charge in [0.05, 0.1) is 5.69 Å². The van der Waals surface area contributed by atoms with Crippen LogP contribution in [0.3, 0.4) is 0 Å². The standard InChI is InChI=1S/C8H12N2S/c1-10-6-5-8(9-10)4-2-3-7-11/h2,4-6,11H,3,7H2,1H3. The zero-order chi connectivity index (χ0) is 8.10. The maximum atomic E-state index is 4.19. The fraction of sp³-hybridized carbons (Fsp3) is 0.375. The summed E-state index contributed by atoms with van der Waals surface area (Å²) in [6.45, 7) is 0. The Morgan fingerprint density at radius 3 is 3.09 bits per heavy atom. The van der Waals surface area contributed by atoms with E-state index in [-0.39, 0.29) is 0 Å². The van der Waals surface area contributed by atoms with Gasteiger partial charge in [-0.3, -0.25) is 4.68 Å². The van der Waals surface area contributed by atoms with Crippen molar-refractivity contribution in [2.45, 2.75) is 6.42 Å². The molecule has 0 aliphatic rings. The number of aromatic nitrogens is 2. The van der Waals surface area contributed by atoms with E-state index in [9.17, 15) is 0 Å². The van der Waals surface area contributed by atoms with Crippen molar-refractivity contribution in [3.63, 3.8) is 0 Å². The molecule has 0 aliphatic carbocycles. The molecular formula is C8H12N2S. The van der Waals surface area contributed by atoms with Crippen molar-refractivity contribution in [2.24, 2.45) is 7.05 Å². The van der Waals surface area contributed by atoms with Gasteiger partial charge in [0.2, 0.25) is 0 Å². The van der Waals surface area contributed by atoms with Crippen LogP contribution in [0.25, 0.3) is 6.08 Å². The van der Waals surface area contributed by atoms with Crippen LogP contribution in [-0.4, -0.2) is 15.5 Å². The van der Waals surface area contributed by atoms with Gasteiger partial charge in [-0.05, 0) is 24.3 Å².